The first kappa shape index (κ1) is 12.6. The zero-order valence-electron chi connectivity index (χ0n) is 9.79. The van der Waals surface area contributed by atoms with E-state index in [0.717, 1.165) is 6.54 Å². The highest BCUT2D eigenvalue weighted by molar-refractivity contribution is 9.10. The van der Waals surface area contributed by atoms with E-state index < -0.39 is 0 Å². The molecule has 1 aliphatic rings. The van der Waals surface area contributed by atoms with Gasteiger partial charge in [0.05, 0.1) is 0 Å². The third-order valence-corrected chi connectivity index (χ3v) is 4.81. The standard InChI is InChI=1S/C12H19BrN2S/c1-2-14-4-3-5-15(7-6-14)9-12-8-11(13)10-16-12/h8,10H,2-7,9H2,1H3. The lowest BCUT2D eigenvalue weighted by Crippen LogP contribution is -2.30. The third kappa shape index (κ3) is 3.55. The van der Waals surface area contributed by atoms with Crippen LogP contribution in [-0.2, 0) is 6.54 Å². The van der Waals surface area contributed by atoms with Crippen molar-refractivity contribution in [2.75, 3.05) is 32.7 Å². The van der Waals surface area contributed by atoms with Crippen molar-refractivity contribution in [1.82, 2.24) is 9.80 Å². The SMILES string of the molecule is CCN1CCCN(Cc2cc(Br)cs2)CC1. The Balaban J connectivity index is 1.86. The van der Waals surface area contributed by atoms with Gasteiger partial charge in [-0.1, -0.05) is 6.92 Å². The fourth-order valence-electron chi connectivity index (χ4n) is 2.16. The first-order valence-corrected chi connectivity index (χ1v) is 7.63. The van der Waals surface area contributed by atoms with E-state index in [-0.39, 0.29) is 0 Å². The smallest absolute Gasteiger partial charge is 0.0328 e. The Hall–Kier alpha value is 0.1000. The molecule has 4 heteroatoms. The first-order chi connectivity index (χ1) is 7.78. The molecular formula is C12H19BrN2S. The Bertz CT molecular complexity index is 327. The van der Waals surface area contributed by atoms with Gasteiger partial charge in [-0.15, -0.1) is 11.3 Å². The lowest BCUT2D eigenvalue weighted by molar-refractivity contribution is 0.259. The summed E-state index contributed by atoms with van der Waals surface area (Å²) in [6.07, 6.45) is 1.31. The molecule has 0 aromatic carbocycles. The highest BCUT2D eigenvalue weighted by Crippen LogP contribution is 2.21. The van der Waals surface area contributed by atoms with Crippen LogP contribution in [0.1, 0.15) is 18.2 Å². The number of hydrogen-bond donors (Lipinski definition) is 0. The van der Waals surface area contributed by atoms with Crippen LogP contribution in [0.2, 0.25) is 0 Å². The molecule has 16 heavy (non-hydrogen) atoms. The fraction of sp³-hybridized carbons (Fsp3) is 0.667. The molecule has 2 heterocycles. The minimum absolute atomic E-state index is 1.12. The second kappa shape index (κ2) is 6.15. The summed E-state index contributed by atoms with van der Waals surface area (Å²) in [5.41, 5.74) is 0. The molecule has 1 aromatic heterocycles. The van der Waals surface area contributed by atoms with Crippen molar-refractivity contribution in [3.63, 3.8) is 0 Å². The van der Waals surface area contributed by atoms with E-state index in [1.165, 1.54) is 48.5 Å². The highest BCUT2D eigenvalue weighted by atomic mass is 79.9. The van der Waals surface area contributed by atoms with Crippen molar-refractivity contribution in [1.29, 1.82) is 0 Å². The molecule has 0 N–H and O–H groups in total. The molecule has 0 spiro atoms. The topological polar surface area (TPSA) is 6.48 Å². The molecule has 0 unspecified atom stereocenters. The van der Waals surface area contributed by atoms with Crippen LogP contribution in [0, 0.1) is 0 Å². The Morgan fingerprint density at radius 3 is 2.69 bits per heavy atom. The fourth-order valence-corrected chi connectivity index (χ4v) is 3.65. The van der Waals surface area contributed by atoms with Crippen LogP contribution < -0.4 is 0 Å². The van der Waals surface area contributed by atoms with Crippen molar-refractivity contribution >= 4 is 27.3 Å². The van der Waals surface area contributed by atoms with Crippen LogP contribution in [0.4, 0.5) is 0 Å². The predicted octanol–water partition coefficient (Wildman–Crippen LogP) is 3.04. The molecule has 1 aromatic rings. The number of halogens is 1. The molecule has 2 rings (SSSR count). The number of hydrogen-bond acceptors (Lipinski definition) is 3. The van der Waals surface area contributed by atoms with E-state index in [1.807, 2.05) is 11.3 Å². The van der Waals surface area contributed by atoms with Crippen LogP contribution in [0.15, 0.2) is 15.9 Å². The van der Waals surface area contributed by atoms with E-state index in [9.17, 15) is 0 Å². The van der Waals surface area contributed by atoms with Gasteiger partial charge in [0.2, 0.25) is 0 Å². The van der Waals surface area contributed by atoms with Crippen molar-refractivity contribution in [3.8, 4) is 0 Å². The Labute approximate surface area is 110 Å². The first-order valence-electron chi connectivity index (χ1n) is 5.95. The second-order valence-corrected chi connectivity index (χ2v) is 6.21. The van der Waals surface area contributed by atoms with E-state index in [1.54, 1.807) is 0 Å². The summed E-state index contributed by atoms with van der Waals surface area (Å²) in [5.74, 6) is 0. The van der Waals surface area contributed by atoms with E-state index in [0.29, 0.717) is 0 Å². The molecule has 0 aliphatic carbocycles. The van der Waals surface area contributed by atoms with Gasteiger partial charge >= 0.3 is 0 Å². The Morgan fingerprint density at radius 2 is 2.00 bits per heavy atom. The minimum atomic E-state index is 1.12. The van der Waals surface area contributed by atoms with Gasteiger partial charge in [0.1, 0.15) is 0 Å². The van der Waals surface area contributed by atoms with Crippen LogP contribution in [0.5, 0.6) is 0 Å². The molecule has 0 amide bonds. The van der Waals surface area contributed by atoms with Crippen LogP contribution >= 0.6 is 27.3 Å². The van der Waals surface area contributed by atoms with Gasteiger partial charge in [-0.2, -0.15) is 0 Å². The third-order valence-electron chi connectivity index (χ3n) is 3.13. The Kier molecular flexibility index (Phi) is 4.82. The van der Waals surface area contributed by atoms with Gasteiger partial charge in [0.25, 0.3) is 0 Å². The van der Waals surface area contributed by atoms with Crippen LogP contribution in [0.3, 0.4) is 0 Å². The van der Waals surface area contributed by atoms with Crippen molar-refractivity contribution < 1.29 is 0 Å². The summed E-state index contributed by atoms with van der Waals surface area (Å²) < 4.78 is 1.22. The molecular weight excluding hydrogens is 284 g/mol. The monoisotopic (exact) mass is 302 g/mol. The zero-order chi connectivity index (χ0) is 11.4. The quantitative estimate of drug-likeness (QED) is 0.847. The molecule has 90 valence electrons. The van der Waals surface area contributed by atoms with Gasteiger partial charge in [-0.25, -0.2) is 0 Å². The average molecular weight is 303 g/mol. The van der Waals surface area contributed by atoms with Crippen LogP contribution in [0.25, 0.3) is 0 Å². The molecule has 1 fully saturated rings. The molecule has 1 saturated heterocycles. The second-order valence-electron chi connectivity index (χ2n) is 4.30. The van der Waals surface area contributed by atoms with E-state index in [2.05, 4.69) is 44.1 Å². The lowest BCUT2D eigenvalue weighted by Gasteiger charge is -2.20. The maximum atomic E-state index is 3.52. The number of nitrogens with zero attached hydrogens (tertiary/aromatic N) is 2. The maximum Gasteiger partial charge on any atom is 0.0328 e. The summed E-state index contributed by atoms with van der Waals surface area (Å²) in [7, 11) is 0. The Morgan fingerprint density at radius 1 is 1.25 bits per heavy atom. The predicted molar refractivity (Wildman–Crippen MR) is 74.0 cm³/mol. The lowest BCUT2D eigenvalue weighted by atomic mass is 10.3. The number of rotatable bonds is 3. The normalized spacial score (nSPS) is 19.9. The minimum Gasteiger partial charge on any atom is -0.302 e. The van der Waals surface area contributed by atoms with E-state index in [4.69, 9.17) is 0 Å². The summed E-state index contributed by atoms with van der Waals surface area (Å²) in [6.45, 7) is 9.51. The van der Waals surface area contributed by atoms with E-state index >= 15 is 0 Å². The molecule has 1 aliphatic heterocycles. The summed E-state index contributed by atoms with van der Waals surface area (Å²) >= 11 is 5.37. The molecule has 0 atom stereocenters. The van der Waals surface area contributed by atoms with Crippen molar-refractivity contribution in [2.24, 2.45) is 0 Å². The van der Waals surface area contributed by atoms with Gasteiger partial charge in [0, 0.05) is 34.4 Å². The molecule has 2 nitrogen and oxygen atoms in total. The van der Waals surface area contributed by atoms with Gasteiger partial charge in [-0.05, 0) is 48.1 Å². The number of likely N-dealkylation sites (N-methyl/N-ethyl adjacent to an activating group) is 1. The van der Waals surface area contributed by atoms with Crippen LogP contribution in [-0.4, -0.2) is 42.5 Å². The summed E-state index contributed by atoms with van der Waals surface area (Å²) in [6, 6.07) is 2.24. The van der Waals surface area contributed by atoms with Crippen molar-refractivity contribution in [3.05, 3.63) is 20.8 Å². The largest absolute Gasteiger partial charge is 0.302 e. The van der Waals surface area contributed by atoms with Gasteiger partial charge < -0.3 is 4.90 Å². The molecule has 0 radical (unpaired) electrons. The van der Waals surface area contributed by atoms with Gasteiger partial charge in [0.15, 0.2) is 0 Å². The summed E-state index contributed by atoms with van der Waals surface area (Å²) in [5, 5.41) is 2.17. The summed E-state index contributed by atoms with van der Waals surface area (Å²) in [4.78, 5) is 6.59. The van der Waals surface area contributed by atoms with Crippen molar-refractivity contribution in [2.45, 2.75) is 19.9 Å². The average Bonchev–Trinajstić information content (AvgIpc) is 2.55. The zero-order valence-corrected chi connectivity index (χ0v) is 12.2. The maximum absolute atomic E-state index is 3.52. The molecule has 0 bridgehead atoms. The molecule has 0 saturated carbocycles. The highest BCUT2D eigenvalue weighted by Gasteiger charge is 2.14. The number of thiophene rings is 1. The van der Waals surface area contributed by atoms with Gasteiger partial charge in [-0.3, -0.25) is 4.90 Å².